The van der Waals surface area contributed by atoms with E-state index >= 15 is 0 Å². The minimum absolute atomic E-state index is 0.265. The Bertz CT molecular complexity index is 725. The first-order valence-electron chi connectivity index (χ1n) is 8.37. The number of fused-ring (bicyclic) bond motifs is 2. The van der Waals surface area contributed by atoms with Gasteiger partial charge in [0.1, 0.15) is 5.75 Å². The van der Waals surface area contributed by atoms with Crippen LogP contribution in [0.1, 0.15) is 35.4 Å². The van der Waals surface area contributed by atoms with Crippen LogP contribution in [0.15, 0.2) is 48.5 Å². The third kappa shape index (κ3) is 2.83. The van der Waals surface area contributed by atoms with Gasteiger partial charge in [-0.2, -0.15) is 0 Å². The van der Waals surface area contributed by atoms with Crippen LogP contribution in [0.5, 0.6) is 5.75 Å². The topological polar surface area (TPSA) is 29.5 Å². The number of benzene rings is 2. The van der Waals surface area contributed by atoms with E-state index in [0.717, 1.165) is 31.7 Å². The summed E-state index contributed by atoms with van der Waals surface area (Å²) >= 11 is 0. The highest BCUT2D eigenvalue weighted by Gasteiger charge is 2.27. The summed E-state index contributed by atoms with van der Waals surface area (Å²) in [5.74, 6) is 1.49. The molecule has 3 nitrogen and oxygen atoms in total. The van der Waals surface area contributed by atoms with Crippen molar-refractivity contribution >= 4 is 5.91 Å². The van der Waals surface area contributed by atoms with E-state index < -0.39 is 0 Å². The number of rotatable bonds is 2. The fraction of sp³-hybridized carbons (Fsp3) is 0.350. The van der Waals surface area contributed by atoms with Gasteiger partial charge >= 0.3 is 0 Å². The second-order valence-corrected chi connectivity index (χ2v) is 6.41. The van der Waals surface area contributed by atoms with E-state index in [1.807, 2.05) is 23.1 Å². The standard InChI is InChI=1S/C20H21NO2/c22-20(21-11-9-15-5-1-2-6-17(15)14-21)13-16-10-12-23-19-8-4-3-7-18(16)19/h1-8,16H,9-14H2. The van der Waals surface area contributed by atoms with Gasteiger partial charge in [0.25, 0.3) is 0 Å². The molecule has 0 saturated heterocycles. The SMILES string of the molecule is O=C(CC1CCOc2ccccc21)N1CCc2ccccc2C1. The van der Waals surface area contributed by atoms with Crippen molar-refractivity contribution in [2.24, 2.45) is 0 Å². The molecule has 1 amide bonds. The first-order chi connectivity index (χ1) is 11.3. The van der Waals surface area contributed by atoms with Crippen molar-refractivity contribution < 1.29 is 9.53 Å². The van der Waals surface area contributed by atoms with Gasteiger partial charge in [-0.25, -0.2) is 0 Å². The van der Waals surface area contributed by atoms with Crippen molar-refractivity contribution in [1.82, 2.24) is 4.90 Å². The zero-order valence-corrected chi connectivity index (χ0v) is 13.2. The van der Waals surface area contributed by atoms with Crippen molar-refractivity contribution in [2.45, 2.75) is 31.7 Å². The number of carbonyl (C=O) groups excluding carboxylic acids is 1. The molecule has 0 spiro atoms. The zero-order valence-electron chi connectivity index (χ0n) is 13.2. The van der Waals surface area contributed by atoms with Gasteiger partial charge in [-0.3, -0.25) is 4.79 Å². The van der Waals surface area contributed by atoms with Gasteiger partial charge in [0.2, 0.25) is 5.91 Å². The zero-order chi connectivity index (χ0) is 15.6. The first-order valence-corrected chi connectivity index (χ1v) is 8.37. The first kappa shape index (κ1) is 14.3. The molecule has 2 aromatic carbocycles. The number of carbonyl (C=O) groups is 1. The average molecular weight is 307 g/mol. The Morgan fingerprint density at radius 2 is 1.87 bits per heavy atom. The summed E-state index contributed by atoms with van der Waals surface area (Å²) in [6.07, 6.45) is 2.47. The highest BCUT2D eigenvalue weighted by Crippen LogP contribution is 2.36. The molecule has 2 aliphatic heterocycles. The predicted molar refractivity (Wildman–Crippen MR) is 89.5 cm³/mol. The third-order valence-corrected chi connectivity index (χ3v) is 4.99. The summed E-state index contributed by atoms with van der Waals surface area (Å²) in [5.41, 5.74) is 3.86. The van der Waals surface area contributed by atoms with Crippen LogP contribution in [-0.2, 0) is 17.8 Å². The molecule has 4 rings (SSSR count). The number of hydrogen-bond donors (Lipinski definition) is 0. The molecule has 0 radical (unpaired) electrons. The van der Waals surface area contributed by atoms with E-state index in [2.05, 4.69) is 30.3 Å². The number of para-hydroxylation sites is 1. The summed E-state index contributed by atoms with van der Waals surface area (Å²) in [5, 5.41) is 0. The minimum Gasteiger partial charge on any atom is -0.493 e. The molecule has 0 aromatic heterocycles. The second-order valence-electron chi connectivity index (χ2n) is 6.41. The van der Waals surface area contributed by atoms with Crippen LogP contribution >= 0.6 is 0 Å². The van der Waals surface area contributed by atoms with Crippen LogP contribution in [-0.4, -0.2) is 24.0 Å². The molecular formula is C20H21NO2. The molecule has 3 heteroatoms. The highest BCUT2D eigenvalue weighted by molar-refractivity contribution is 5.77. The Morgan fingerprint density at radius 3 is 2.78 bits per heavy atom. The Hall–Kier alpha value is -2.29. The Kier molecular flexibility index (Phi) is 3.78. The normalized spacial score (nSPS) is 19.5. The van der Waals surface area contributed by atoms with E-state index in [1.54, 1.807) is 0 Å². The number of hydrogen-bond acceptors (Lipinski definition) is 2. The van der Waals surface area contributed by atoms with E-state index in [4.69, 9.17) is 4.74 Å². The smallest absolute Gasteiger partial charge is 0.223 e. The van der Waals surface area contributed by atoms with Crippen LogP contribution in [0.3, 0.4) is 0 Å². The summed E-state index contributed by atoms with van der Waals surface area (Å²) in [6.45, 7) is 2.29. The molecule has 0 N–H and O–H groups in total. The van der Waals surface area contributed by atoms with Crippen LogP contribution < -0.4 is 4.74 Å². The third-order valence-electron chi connectivity index (χ3n) is 4.99. The summed E-state index contributed by atoms with van der Waals surface area (Å²) < 4.78 is 5.70. The largest absolute Gasteiger partial charge is 0.493 e. The number of amides is 1. The van der Waals surface area contributed by atoms with E-state index in [9.17, 15) is 4.79 Å². The Labute approximate surface area is 136 Å². The molecule has 0 bridgehead atoms. The number of nitrogens with zero attached hydrogens (tertiary/aromatic N) is 1. The van der Waals surface area contributed by atoms with Crippen LogP contribution in [0, 0.1) is 0 Å². The summed E-state index contributed by atoms with van der Waals surface area (Å²) in [7, 11) is 0. The molecule has 2 aromatic rings. The molecule has 118 valence electrons. The summed E-state index contributed by atoms with van der Waals surface area (Å²) in [6, 6.07) is 16.6. The lowest BCUT2D eigenvalue weighted by molar-refractivity contribution is -0.132. The van der Waals surface area contributed by atoms with E-state index in [0.29, 0.717) is 13.0 Å². The molecule has 0 aliphatic carbocycles. The van der Waals surface area contributed by atoms with Crippen LogP contribution in [0.4, 0.5) is 0 Å². The van der Waals surface area contributed by atoms with Crippen molar-refractivity contribution in [3.63, 3.8) is 0 Å². The quantitative estimate of drug-likeness (QED) is 0.849. The van der Waals surface area contributed by atoms with Gasteiger partial charge < -0.3 is 9.64 Å². The van der Waals surface area contributed by atoms with Gasteiger partial charge in [-0.1, -0.05) is 42.5 Å². The van der Waals surface area contributed by atoms with Gasteiger partial charge in [0, 0.05) is 19.5 Å². The van der Waals surface area contributed by atoms with Gasteiger partial charge in [0.15, 0.2) is 0 Å². The molecule has 23 heavy (non-hydrogen) atoms. The fourth-order valence-electron chi connectivity index (χ4n) is 3.68. The lowest BCUT2D eigenvalue weighted by Gasteiger charge is -2.31. The maximum Gasteiger partial charge on any atom is 0.223 e. The Balaban J connectivity index is 1.47. The van der Waals surface area contributed by atoms with Crippen molar-refractivity contribution in [3.8, 4) is 5.75 Å². The lowest BCUT2D eigenvalue weighted by Crippen LogP contribution is -2.37. The highest BCUT2D eigenvalue weighted by atomic mass is 16.5. The molecule has 1 unspecified atom stereocenters. The maximum atomic E-state index is 12.8. The lowest BCUT2D eigenvalue weighted by atomic mass is 9.89. The molecule has 2 heterocycles. The molecule has 2 aliphatic rings. The average Bonchev–Trinajstić information content (AvgIpc) is 2.61. The molecule has 0 fully saturated rings. The summed E-state index contributed by atoms with van der Waals surface area (Å²) in [4.78, 5) is 14.8. The molecule has 0 saturated carbocycles. The predicted octanol–water partition coefficient (Wildman–Crippen LogP) is 3.53. The van der Waals surface area contributed by atoms with Crippen LogP contribution in [0.2, 0.25) is 0 Å². The van der Waals surface area contributed by atoms with Crippen molar-refractivity contribution in [3.05, 3.63) is 65.2 Å². The monoisotopic (exact) mass is 307 g/mol. The van der Waals surface area contributed by atoms with E-state index in [1.165, 1.54) is 16.7 Å². The fourth-order valence-corrected chi connectivity index (χ4v) is 3.68. The van der Waals surface area contributed by atoms with Gasteiger partial charge in [-0.05, 0) is 41.5 Å². The maximum absolute atomic E-state index is 12.8. The second kappa shape index (κ2) is 6.07. The van der Waals surface area contributed by atoms with E-state index in [-0.39, 0.29) is 11.8 Å². The Morgan fingerprint density at radius 1 is 1.09 bits per heavy atom. The van der Waals surface area contributed by atoms with Gasteiger partial charge in [-0.15, -0.1) is 0 Å². The van der Waals surface area contributed by atoms with Gasteiger partial charge in [0.05, 0.1) is 6.61 Å². The van der Waals surface area contributed by atoms with Crippen molar-refractivity contribution in [2.75, 3.05) is 13.2 Å². The van der Waals surface area contributed by atoms with Crippen molar-refractivity contribution in [1.29, 1.82) is 0 Å². The molecular weight excluding hydrogens is 286 g/mol. The number of ether oxygens (including phenoxy) is 1. The minimum atomic E-state index is 0.265. The molecule has 1 atom stereocenters. The van der Waals surface area contributed by atoms with Crippen LogP contribution in [0.25, 0.3) is 0 Å².